The molecule has 1 amide bonds. The van der Waals surface area contributed by atoms with Crippen LogP contribution < -0.4 is 10.6 Å². The molecule has 0 radical (unpaired) electrons. The predicted octanol–water partition coefficient (Wildman–Crippen LogP) is 4.25. The van der Waals surface area contributed by atoms with E-state index >= 15 is 0 Å². The zero-order valence-corrected chi connectivity index (χ0v) is 14.7. The lowest BCUT2D eigenvalue weighted by Gasteiger charge is -2.09. The molecule has 7 heteroatoms. The predicted molar refractivity (Wildman–Crippen MR) is 99.1 cm³/mol. The highest BCUT2D eigenvalue weighted by molar-refractivity contribution is 6.31. The molecular formula is C19H16ClFN4O. The van der Waals surface area contributed by atoms with Gasteiger partial charge in [0.05, 0.1) is 0 Å². The van der Waals surface area contributed by atoms with E-state index in [4.69, 9.17) is 11.6 Å². The monoisotopic (exact) mass is 370 g/mol. The van der Waals surface area contributed by atoms with Crippen LogP contribution >= 0.6 is 11.6 Å². The fourth-order valence-corrected chi connectivity index (χ4v) is 2.46. The summed E-state index contributed by atoms with van der Waals surface area (Å²) in [4.78, 5) is 20.3. The number of rotatable bonds is 5. The molecule has 0 atom stereocenters. The third kappa shape index (κ3) is 4.34. The maximum atomic E-state index is 13.6. The summed E-state index contributed by atoms with van der Waals surface area (Å²) in [6, 6.07) is 13.3. The second-order valence-corrected chi connectivity index (χ2v) is 6.06. The van der Waals surface area contributed by atoms with E-state index in [1.54, 1.807) is 24.3 Å². The number of hydrogen-bond donors (Lipinski definition) is 2. The summed E-state index contributed by atoms with van der Waals surface area (Å²) < 4.78 is 13.6. The second-order valence-electron chi connectivity index (χ2n) is 5.65. The highest BCUT2D eigenvalue weighted by Gasteiger charge is 2.10. The number of amides is 1. The molecule has 1 heterocycles. The van der Waals surface area contributed by atoms with Crippen LogP contribution in [0.25, 0.3) is 0 Å². The van der Waals surface area contributed by atoms with Crippen LogP contribution in [0.15, 0.2) is 54.9 Å². The molecule has 2 aromatic carbocycles. The van der Waals surface area contributed by atoms with Gasteiger partial charge in [0, 0.05) is 28.9 Å². The average molecular weight is 371 g/mol. The van der Waals surface area contributed by atoms with Crippen LogP contribution in [0.3, 0.4) is 0 Å². The number of aromatic nitrogens is 2. The van der Waals surface area contributed by atoms with Gasteiger partial charge in [-0.15, -0.1) is 0 Å². The van der Waals surface area contributed by atoms with E-state index < -0.39 is 5.91 Å². The lowest BCUT2D eigenvalue weighted by molar-refractivity contribution is 0.0945. The van der Waals surface area contributed by atoms with E-state index in [9.17, 15) is 9.18 Å². The fourth-order valence-electron chi connectivity index (χ4n) is 2.28. The van der Waals surface area contributed by atoms with Crippen LogP contribution in [-0.2, 0) is 6.54 Å². The molecule has 0 unspecified atom stereocenters. The van der Waals surface area contributed by atoms with Gasteiger partial charge in [-0.2, -0.15) is 0 Å². The first-order valence-corrected chi connectivity index (χ1v) is 8.27. The molecule has 0 saturated heterocycles. The molecule has 5 nitrogen and oxygen atoms in total. The second kappa shape index (κ2) is 7.93. The summed E-state index contributed by atoms with van der Waals surface area (Å²) in [5.41, 5.74) is 2.30. The first-order valence-electron chi connectivity index (χ1n) is 7.90. The standard InChI is InChI=1S/C19H16ClFN4O/c1-12-6-7-14(8-15(12)20)25-18-9-17(23-11-24-18)19(26)22-10-13-4-2-3-5-16(13)21/h2-9,11H,10H2,1H3,(H,22,26)(H,23,24,25). The Labute approximate surface area is 155 Å². The van der Waals surface area contributed by atoms with Gasteiger partial charge >= 0.3 is 0 Å². The summed E-state index contributed by atoms with van der Waals surface area (Å²) in [7, 11) is 0. The molecule has 3 aromatic rings. The average Bonchev–Trinajstić information content (AvgIpc) is 2.64. The van der Waals surface area contributed by atoms with Crippen molar-refractivity contribution in [2.24, 2.45) is 0 Å². The fraction of sp³-hybridized carbons (Fsp3) is 0.105. The Morgan fingerprint density at radius 1 is 1.15 bits per heavy atom. The number of nitrogens with zero attached hydrogens (tertiary/aromatic N) is 2. The lowest BCUT2D eigenvalue weighted by atomic mass is 10.2. The first kappa shape index (κ1) is 17.8. The van der Waals surface area contributed by atoms with Crippen LogP contribution in [0.2, 0.25) is 5.02 Å². The molecule has 0 saturated carbocycles. The zero-order chi connectivity index (χ0) is 18.5. The SMILES string of the molecule is Cc1ccc(Nc2cc(C(=O)NCc3ccccc3F)ncn2)cc1Cl. The van der Waals surface area contributed by atoms with Gasteiger partial charge in [0.25, 0.3) is 5.91 Å². The van der Waals surface area contributed by atoms with E-state index in [2.05, 4.69) is 20.6 Å². The van der Waals surface area contributed by atoms with E-state index in [0.717, 1.165) is 11.3 Å². The summed E-state index contributed by atoms with van der Waals surface area (Å²) in [5, 5.41) is 6.35. The minimum atomic E-state index is -0.416. The largest absolute Gasteiger partial charge is 0.347 e. The molecule has 132 valence electrons. The van der Waals surface area contributed by atoms with Crippen LogP contribution in [0.4, 0.5) is 15.9 Å². The maximum absolute atomic E-state index is 13.6. The van der Waals surface area contributed by atoms with Gasteiger partial charge in [-0.25, -0.2) is 14.4 Å². The number of hydrogen-bond acceptors (Lipinski definition) is 4. The van der Waals surface area contributed by atoms with Crippen molar-refractivity contribution in [3.63, 3.8) is 0 Å². The third-order valence-electron chi connectivity index (χ3n) is 3.74. The number of nitrogens with one attached hydrogen (secondary N) is 2. The van der Waals surface area contributed by atoms with E-state index in [1.165, 1.54) is 18.5 Å². The molecule has 0 bridgehead atoms. The van der Waals surface area contributed by atoms with Gasteiger partial charge in [-0.05, 0) is 30.7 Å². The Morgan fingerprint density at radius 2 is 1.96 bits per heavy atom. The summed E-state index contributed by atoms with van der Waals surface area (Å²) in [6.45, 7) is 1.99. The van der Waals surface area contributed by atoms with Gasteiger partial charge < -0.3 is 10.6 Å². The minimum Gasteiger partial charge on any atom is -0.347 e. The molecule has 0 spiro atoms. The van der Waals surface area contributed by atoms with Crippen molar-refractivity contribution in [3.05, 3.63) is 82.5 Å². The van der Waals surface area contributed by atoms with Gasteiger partial charge in [0.1, 0.15) is 23.7 Å². The Morgan fingerprint density at radius 3 is 2.73 bits per heavy atom. The maximum Gasteiger partial charge on any atom is 0.270 e. The van der Waals surface area contributed by atoms with Crippen LogP contribution in [0.1, 0.15) is 21.6 Å². The van der Waals surface area contributed by atoms with Gasteiger partial charge in [-0.1, -0.05) is 35.9 Å². The van der Waals surface area contributed by atoms with Crippen LogP contribution in [-0.4, -0.2) is 15.9 Å². The molecule has 2 N–H and O–H groups in total. The smallest absolute Gasteiger partial charge is 0.270 e. The summed E-state index contributed by atoms with van der Waals surface area (Å²) in [5.74, 6) is -0.328. The number of anilines is 2. The van der Waals surface area contributed by atoms with Crippen molar-refractivity contribution in [2.45, 2.75) is 13.5 Å². The number of carbonyl (C=O) groups is 1. The Balaban J connectivity index is 1.69. The first-order chi connectivity index (χ1) is 12.5. The molecule has 0 aliphatic carbocycles. The molecule has 0 aliphatic rings. The van der Waals surface area contributed by atoms with Gasteiger partial charge in [-0.3, -0.25) is 4.79 Å². The van der Waals surface area contributed by atoms with Crippen molar-refractivity contribution >= 4 is 29.0 Å². The molecule has 0 aliphatic heterocycles. The lowest BCUT2D eigenvalue weighted by Crippen LogP contribution is -2.24. The quantitative estimate of drug-likeness (QED) is 0.704. The van der Waals surface area contributed by atoms with Gasteiger partial charge in [0.15, 0.2) is 0 Å². The zero-order valence-electron chi connectivity index (χ0n) is 14.0. The van der Waals surface area contributed by atoms with Crippen LogP contribution in [0.5, 0.6) is 0 Å². The molecule has 26 heavy (non-hydrogen) atoms. The van der Waals surface area contributed by atoms with E-state index in [0.29, 0.717) is 16.4 Å². The highest BCUT2D eigenvalue weighted by atomic mass is 35.5. The van der Waals surface area contributed by atoms with Gasteiger partial charge in [0.2, 0.25) is 0 Å². The highest BCUT2D eigenvalue weighted by Crippen LogP contribution is 2.22. The Kier molecular flexibility index (Phi) is 5.43. The van der Waals surface area contributed by atoms with E-state index in [1.807, 2.05) is 19.1 Å². The normalized spacial score (nSPS) is 10.4. The topological polar surface area (TPSA) is 66.9 Å². The Hall–Kier alpha value is -2.99. The number of aryl methyl sites for hydroxylation is 1. The number of benzene rings is 2. The number of carbonyl (C=O) groups excluding carboxylic acids is 1. The molecule has 3 rings (SSSR count). The minimum absolute atomic E-state index is 0.0752. The van der Waals surface area contributed by atoms with E-state index in [-0.39, 0.29) is 18.1 Å². The van der Waals surface area contributed by atoms with Crippen molar-refractivity contribution in [3.8, 4) is 0 Å². The summed E-state index contributed by atoms with van der Waals surface area (Å²) >= 11 is 6.11. The number of halogens is 2. The van der Waals surface area contributed by atoms with Crippen molar-refractivity contribution in [1.29, 1.82) is 0 Å². The van der Waals surface area contributed by atoms with Crippen molar-refractivity contribution < 1.29 is 9.18 Å². The third-order valence-corrected chi connectivity index (χ3v) is 4.15. The molecule has 0 fully saturated rings. The van der Waals surface area contributed by atoms with Crippen molar-refractivity contribution in [2.75, 3.05) is 5.32 Å². The summed E-state index contributed by atoms with van der Waals surface area (Å²) in [6.07, 6.45) is 1.29. The Bertz CT molecular complexity index is 948. The van der Waals surface area contributed by atoms with Crippen molar-refractivity contribution in [1.82, 2.24) is 15.3 Å². The van der Waals surface area contributed by atoms with Crippen LogP contribution in [0, 0.1) is 12.7 Å². The molecular weight excluding hydrogens is 355 g/mol. The molecule has 1 aromatic heterocycles.